The van der Waals surface area contributed by atoms with Crippen molar-refractivity contribution in [2.75, 3.05) is 0 Å². The number of carboxylic acids is 1. The van der Waals surface area contributed by atoms with Crippen LogP contribution in [-0.4, -0.2) is 21.0 Å². The van der Waals surface area contributed by atoms with E-state index in [1.54, 1.807) is 6.07 Å². The SMILES string of the molecule is N#Cc1cc(CC(=O)O)cc([N+](=O)[O-])n1. The Balaban J connectivity index is 3.18. The first-order valence-electron chi connectivity index (χ1n) is 3.80. The summed E-state index contributed by atoms with van der Waals surface area (Å²) in [6, 6.07) is 3.87. The van der Waals surface area contributed by atoms with Crippen molar-refractivity contribution in [3.63, 3.8) is 0 Å². The number of aliphatic carboxylic acids is 1. The highest BCUT2D eigenvalue weighted by atomic mass is 16.6. The zero-order valence-electron chi connectivity index (χ0n) is 7.38. The minimum absolute atomic E-state index is 0.166. The van der Waals surface area contributed by atoms with Crippen molar-refractivity contribution in [2.45, 2.75) is 6.42 Å². The molecule has 0 aliphatic carbocycles. The molecule has 1 aromatic heterocycles. The van der Waals surface area contributed by atoms with E-state index in [2.05, 4.69) is 4.98 Å². The lowest BCUT2D eigenvalue weighted by atomic mass is 10.1. The Hall–Kier alpha value is -2.49. The first kappa shape index (κ1) is 10.6. The molecule has 76 valence electrons. The Morgan fingerprint density at radius 1 is 1.67 bits per heavy atom. The van der Waals surface area contributed by atoms with Crippen molar-refractivity contribution in [1.82, 2.24) is 4.98 Å². The molecule has 15 heavy (non-hydrogen) atoms. The summed E-state index contributed by atoms with van der Waals surface area (Å²) in [4.78, 5) is 23.4. The minimum atomic E-state index is -1.13. The van der Waals surface area contributed by atoms with E-state index in [-0.39, 0.29) is 17.7 Å². The molecule has 0 fully saturated rings. The third-order valence-electron chi connectivity index (χ3n) is 1.53. The van der Waals surface area contributed by atoms with Crippen LogP contribution in [0.5, 0.6) is 0 Å². The molecule has 1 rings (SSSR count). The molecule has 0 saturated heterocycles. The maximum absolute atomic E-state index is 10.4. The predicted molar refractivity (Wildman–Crippen MR) is 46.9 cm³/mol. The van der Waals surface area contributed by atoms with Crippen molar-refractivity contribution in [3.05, 3.63) is 33.5 Å². The second kappa shape index (κ2) is 4.15. The average Bonchev–Trinajstić information content (AvgIpc) is 2.16. The summed E-state index contributed by atoms with van der Waals surface area (Å²) in [5.41, 5.74) is 0.0150. The number of pyridine rings is 1. The fourth-order valence-electron chi connectivity index (χ4n) is 0.999. The zero-order chi connectivity index (χ0) is 11.4. The number of carboxylic acid groups (broad SMARTS) is 1. The van der Waals surface area contributed by atoms with Gasteiger partial charge in [0.05, 0.1) is 6.42 Å². The van der Waals surface area contributed by atoms with Gasteiger partial charge in [-0.05, 0) is 15.5 Å². The Bertz CT molecular complexity index is 463. The van der Waals surface area contributed by atoms with Gasteiger partial charge in [0.25, 0.3) is 5.69 Å². The van der Waals surface area contributed by atoms with E-state index in [1.165, 1.54) is 6.07 Å². The van der Waals surface area contributed by atoms with Gasteiger partial charge >= 0.3 is 11.8 Å². The smallest absolute Gasteiger partial charge is 0.365 e. The van der Waals surface area contributed by atoms with Gasteiger partial charge in [0.1, 0.15) is 6.07 Å². The molecular formula is C8H5N3O4. The van der Waals surface area contributed by atoms with E-state index in [1.807, 2.05) is 0 Å². The van der Waals surface area contributed by atoms with Crippen molar-refractivity contribution < 1.29 is 14.8 Å². The van der Waals surface area contributed by atoms with Gasteiger partial charge in [-0.2, -0.15) is 5.26 Å². The quantitative estimate of drug-likeness (QED) is 0.569. The van der Waals surface area contributed by atoms with Crippen molar-refractivity contribution in [2.24, 2.45) is 0 Å². The van der Waals surface area contributed by atoms with E-state index in [0.29, 0.717) is 0 Å². The second-order valence-electron chi connectivity index (χ2n) is 2.66. The van der Waals surface area contributed by atoms with E-state index >= 15 is 0 Å². The van der Waals surface area contributed by atoms with Crippen LogP contribution in [0, 0.1) is 21.4 Å². The molecule has 0 spiro atoms. The molecular weight excluding hydrogens is 202 g/mol. The van der Waals surface area contributed by atoms with Crippen LogP contribution in [0.25, 0.3) is 0 Å². The average molecular weight is 207 g/mol. The molecule has 0 radical (unpaired) electrons. The maximum atomic E-state index is 10.4. The highest BCUT2D eigenvalue weighted by molar-refractivity contribution is 5.70. The fraction of sp³-hybridized carbons (Fsp3) is 0.125. The normalized spacial score (nSPS) is 9.27. The Morgan fingerprint density at radius 3 is 2.80 bits per heavy atom. The van der Waals surface area contributed by atoms with Crippen molar-refractivity contribution in [1.29, 1.82) is 5.26 Å². The maximum Gasteiger partial charge on any atom is 0.365 e. The first-order valence-corrected chi connectivity index (χ1v) is 3.80. The third kappa shape index (κ3) is 2.73. The molecule has 0 amide bonds. The Morgan fingerprint density at radius 2 is 2.33 bits per heavy atom. The molecule has 0 unspecified atom stereocenters. The van der Waals surface area contributed by atoms with Crippen LogP contribution < -0.4 is 0 Å². The highest BCUT2D eigenvalue weighted by Crippen LogP contribution is 2.12. The molecule has 0 saturated carbocycles. The van der Waals surface area contributed by atoms with Crippen LogP contribution in [0.15, 0.2) is 12.1 Å². The lowest BCUT2D eigenvalue weighted by Gasteiger charge is -1.96. The summed E-state index contributed by atoms with van der Waals surface area (Å²) in [6.07, 6.45) is -0.377. The molecule has 7 nitrogen and oxygen atoms in total. The molecule has 1 aromatic rings. The van der Waals surface area contributed by atoms with Crippen LogP contribution in [0.2, 0.25) is 0 Å². The van der Waals surface area contributed by atoms with Gasteiger partial charge in [-0.25, -0.2) is 0 Å². The largest absolute Gasteiger partial charge is 0.481 e. The number of hydrogen-bond donors (Lipinski definition) is 1. The molecule has 0 atom stereocenters. The standard InChI is InChI=1S/C8H5N3O4/c9-4-6-1-5(3-8(12)13)2-7(10-6)11(14)15/h1-2H,3H2,(H,12,13). The third-order valence-corrected chi connectivity index (χ3v) is 1.53. The second-order valence-corrected chi connectivity index (χ2v) is 2.66. The van der Waals surface area contributed by atoms with Gasteiger partial charge in [-0.15, -0.1) is 0 Å². The van der Waals surface area contributed by atoms with E-state index in [9.17, 15) is 14.9 Å². The van der Waals surface area contributed by atoms with Gasteiger partial charge in [-0.3, -0.25) is 4.79 Å². The van der Waals surface area contributed by atoms with Crippen molar-refractivity contribution in [3.8, 4) is 6.07 Å². The summed E-state index contributed by atoms with van der Waals surface area (Å²) < 4.78 is 0. The van der Waals surface area contributed by atoms with Crippen LogP contribution in [0.3, 0.4) is 0 Å². The van der Waals surface area contributed by atoms with Crippen LogP contribution in [0.1, 0.15) is 11.3 Å². The number of hydrogen-bond acceptors (Lipinski definition) is 5. The first-order chi connectivity index (χ1) is 7.02. The molecule has 7 heteroatoms. The summed E-state index contributed by atoms with van der Waals surface area (Å²) in [7, 11) is 0. The predicted octanol–water partition coefficient (Wildman–Crippen LogP) is 0.489. The lowest BCUT2D eigenvalue weighted by Crippen LogP contribution is -2.03. The monoisotopic (exact) mass is 207 g/mol. The fourth-order valence-corrected chi connectivity index (χ4v) is 0.999. The van der Waals surface area contributed by atoms with E-state index in [4.69, 9.17) is 10.4 Å². The van der Waals surface area contributed by atoms with Crippen LogP contribution in [-0.2, 0) is 11.2 Å². The van der Waals surface area contributed by atoms with Gasteiger partial charge < -0.3 is 15.2 Å². The number of nitriles is 1. The molecule has 0 aromatic carbocycles. The molecule has 0 aliphatic rings. The molecule has 1 N–H and O–H groups in total. The number of aromatic nitrogens is 1. The van der Waals surface area contributed by atoms with Crippen LogP contribution >= 0.6 is 0 Å². The van der Waals surface area contributed by atoms with Crippen LogP contribution in [0.4, 0.5) is 5.82 Å². The molecule has 1 heterocycles. The minimum Gasteiger partial charge on any atom is -0.481 e. The number of nitro groups is 1. The van der Waals surface area contributed by atoms with Gasteiger partial charge in [0.2, 0.25) is 0 Å². The summed E-state index contributed by atoms with van der Waals surface area (Å²) >= 11 is 0. The Labute approximate surface area is 83.7 Å². The van der Waals surface area contributed by atoms with Crippen molar-refractivity contribution >= 4 is 11.8 Å². The summed E-state index contributed by atoms with van der Waals surface area (Å²) in [6.45, 7) is 0. The zero-order valence-corrected chi connectivity index (χ0v) is 7.38. The number of nitrogens with zero attached hydrogens (tertiary/aromatic N) is 3. The van der Waals surface area contributed by atoms with E-state index < -0.39 is 16.7 Å². The van der Waals surface area contributed by atoms with E-state index in [0.717, 1.165) is 6.07 Å². The van der Waals surface area contributed by atoms with Gasteiger partial charge in [-0.1, -0.05) is 0 Å². The summed E-state index contributed by atoms with van der Waals surface area (Å²) in [5, 5.41) is 27.4. The highest BCUT2D eigenvalue weighted by Gasteiger charge is 2.14. The Kier molecular flexibility index (Phi) is 2.93. The van der Waals surface area contributed by atoms with Gasteiger partial charge in [0, 0.05) is 12.1 Å². The summed E-state index contributed by atoms with van der Waals surface area (Å²) in [5.74, 6) is -1.65. The topological polar surface area (TPSA) is 117 Å². The number of rotatable bonds is 3. The van der Waals surface area contributed by atoms with Gasteiger partial charge in [0.15, 0.2) is 0 Å². The number of carbonyl (C=O) groups is 1. The lowest BCUT2D eigenvalue weighted by molar-refractivity contribution is -0.389. The molecule has 0 aliphatic heterocycles. The molecule has 0 bridgehead atoms.